The number of benzene rings is 4. The molecule has 0 amide bonds. The minimum atomic E-state index is -0.476. The Kier molecular flexibility index (Phi) is 8.80. The van der Waals surface area contributed by atoms with Gasteiger partial charge < -0.3 is 0 Å². The van der Waals surface area contributed by atoms with E-state index in [4.69, 9.17) is 0 Å². The first kappa shape index (κ1) is 26.9. The van der Waals surface area contributed by atoms with E-state index in [1.165, 1.54) is 12.1 Å². The van der Waals surface area contributed by atoms with Crippen LogP contribution in [0.2, 0.25) is 0 Å². The second-order valence-corrected chi connectivity index (χ2v) is 10.2. The standard InChI is InChI=1S/C31H20Br2N2O3/c32-26-12-6-22(7-13-26)29(30(20-34)23-10-16-28(17-11-23)35(37)38)18-25(21-4-2-1-3-5-21)19-31(36)24-8-14-27(33)15-9-24/h1-18H,19H2/b25-18+,30-29+. The minimum Gasteiger partial charge on any atom is -0.294 e. The van der Waals surface area contributed by atoms with E-state index in [0.29, 0.717) is 22.3 Å². The Labute approximate surface area is 237 Å². The number of nitriles is 1. The fourth-order valence-corrected chi connectivity index (χ4v) is 4.46. The van der Waals surface area contributed by atoms with Crippen molar-refractivity contribution in [2.45, 2.75) is 6.42 Å². The van der Waals surface area contributed by atoms with Crippen molar-refractivity contribution in [2.24, 2.45) is 0 Å². The van der Waals surface area contributed by atoms with Crippen LogP contribution in [0.25, 0.3) is 16.7 Å². The summed E-state index contributed by atoms with van der Waals surface area (Å²) in [5.74, 6) is -0.0587. The summed E-state index contributed by atoms with van der Waals surface area (Å²) in [5, 5.41) is 21.4. The zero-order valence-corrected chi connectivity index (χ0v) is 23.1. The average Bonchev–Trinajstić information content (AvgIpc) is 2.94. The molecule has 0 fully saturated rings. The maximum Gasteiger partial charge on any atom is 0.269 e. The van der Waals surface area contributed by atoms with Crippen LogP contribution in [0.15, 0.2) is 118 Å². The maximum atomic E-state index is 13.3. The largest absolute Gasteiger partial charge is 0.294 e. The summed E-state index contributed by atoms with van der Waals surface area (Å²) in [6.45, 7) is 0. The van der Waals surface area contributed by atoms with Crippen LogP contribution in [0.5, 0.6) is 0 Å². The highest BCUT2D eigenvalue weighted by atomic mass is 79.9. The lowest BCUT2D eigenvalue weighted by atomic mass is 9.90. The number of allylic oxidation sites excluding steroid dienone is 4. The molecule has 0 radical (unpaired) electrons. The number of Topliss-reactive ketones (excluding diaryl/α,β-unsaturated/α-hetero) is 1. The fraction of sp³-hybridized carbons (Fsp3) is 0.0323. The Bertz CT molecular complexity index is 1570. The van der Waals surface area contributed by atoms with Gasteiger partial charge in [-0.2, -0.15) is 5.26 Å². The lowest BCUT2D eigenvalue weighted by Gasteiger charge is -2.13. The lowest BCUT2D eigenvalue weighted by molar-refractivity contribution is -0.384. The van der Waals surface area contributed by atoms with Crippen molar-refractivity contribution < 1.29 is 9.72 Å². The van der Waals surface area contributed by atoms with Crippen LogP contribution < -0.4 is 0 Å². The second kappa shape index (κ2) is 12.4. The molecule has 0 aromatic heterocycles. The summed E-state index contributed by atoms with van der Waals surface area (Å²) in [4.78, 5) is 24.0. The van der Waals surface area contributed by atoms with E-state index in [0.717, 1.165) is 25.6 Å². The normalized spacial score (nSPS) is 11.9. The van der Waals surface area contributed by atoms with E-state index in [2.05, 4.69) is 37.9 Å². The first-order valence-corrected chi connectivity index (χ1v) is 13.1. The number of rotatable bonds is 8. The van der Waals surface area contributed by atoms with Gasteiger partial charge in [-0.25, -0.2) is 0 Å². The molecule has 7 heteroatoms. The summed E-state index contributed by atoms with van der Waals surface area (Å²) in [5.41, 5.74) is 4.38. The van der Waals surface area contributed by atoms with Crippen molar-refractivity contribution in [1.82, 2.24) is 0 Å². The Hall–Kier alpha value is -4.12. The van der Waals surface area contributed by atoms with E-state index in [9.17, 15) is 20.2 Å². The summed E-state index contributed by atoms with van der Waals surface area (Å²) in [7, 11) is 0. The SMILES string of the molecule is N#C/C(=C(/C=C(\CC(=O)c1ccc(Br)cc1)c1ccccc1)c1ccc(Br)cc1)c1ccc([N+](=O)[O-])cc1. The Balaban J connectivity index is 1.91. The van der Waals surface area contributed by atoms with Crippen molar-refractivity contribution in [2.75, 3.05) is 0 Å². The molecule has 0 atom stereocenters. The molecule has 4 rings (SSSR count). The molecule has 4 aromatic carbocycles. The van der Waals surface area contributed by atoms with Gasteiger partial charge in [0.05, 0.1) is 10.5 Å². The molecule has 38 heavy (non-hydrogen) atoms. The highest BCUT2D eigenvalue weighted by Crippen LogP contribution is 2.33. The number of ketones is 1. The zero-order valence-electron chi connectivity index (χ0n) is 20.0. The van der Waals surface area contributed by atoms with E-state index in [1.54, 1.807) is 24.3 Å². The molecule has 0 bridgehead atoms. The van der Waals surface area contributed by atoms with Gasteiger partial charge in [-0.15, -0.1) is 0 Å². The molecular weight excluding hydrogens is 608 g/mol. The molecule has 0 saturated heterocycles. The van der Waals surface area contributed by atoms with Crippen LogP contribution >= 0.6 is 31.9 Å². The predicted octanol–water partition coefficient (Wildman–Crippen LogP) is 8.91. The molecule has 0 unspecified atom stereocenters. The third-order valence-corrected chi connectivity index (χ3v) is 6.94. The second-order valence-electron chi connectivity index (χ2n) is 8.35. The van der Waals surface area contributed by atoms with Crippen LogP contribution in [-0.4, -0.2) is 10.7 Å². The zero-order chi connectivity index (χ0) is 27.1. The van der Waals surface area contributed by atoms with Gasteiger partial charge in [0.25, 0.3) is 5.69 Å². The topological polar surface area (TPSA) is 84.0 Å². The fourth-order valence-electron chi connectivity index (χ4n) is 3.93. The molecule has 4 aromatic rings. The monoisotopic (exact) mass is 626 g/mol. The van der Waals surface area contributed by atoms with Gasteiger partial charge in [-0.05, 0) is 64.7 Å². The van der Waals surface area contributed by atoms with Crippen LogP contribution in [0, 0.1) is 21.4 Å². The minimum absolute atomic E-state index is 0.0585. The van der Waals surface area contributed by atoms with Crippen LogP contribution in [0.4, 0.5) is 5.69 Å². The Morgan fingerprint density at radius 3 is 1.82 bits per heavy atom. The van der Waals surface area contributed by atoms with Gasteiger partial charge >= 0.3 is 0 Å². The number of nitro benzene ring substituents is 1. The van der Waals surface area contributed by atoms with E-state index >= 15 is 0 Å². The van der Waals surface area contributed by atoms with E-state index in [1.807, 2.05) is 72.8 Å². The molecule has 186 valence electrons. The van der Waals surface area contributed by atoms with Gasteiger partial charge in [0, 0.05) is 38.6 Å². The molecular formula is C31H20Br2N2O3. The maximum absolute atomic E-state index is 13.3. The van der Waals surface area contributed by atoms with Crippen molar-refractivity contribution in [3.8, 4) is 6.07 Å². The number of non-ortho nitro benzene ring substituents is 1. The summed E-state index contributed by atoms with van der Waals surface area (Å²) >= 11 is 6.86. The van der Waals surface area contributed by atoms with Crippen LogP contribution in [0.1, 0.15) is 33.5 Å². The first-order valence-electron chi connectivity index (χ1n) is 11.6. The third kappa shape index (κ3) is 6.60. The summed E-state index contributed by atoms with van der Waals surface area (Å²) in [6.07, 6.45) is 1.99. The van der Waals surface area contributed by atoms with E-state index in [-0.39, 0.29) is 17.9 Å². The number of halogens is 2. The number of carbonyl (C=O) groups excluding carboxylic acids is 1. The van der Waals surface area contributed by atoms with Gasteiger partial charge in [-0.1, -0.05) is 86.5 Å². The Morgan fingerprint density at radius 2 is 1.29 bits per heavy atom. The van der Waals surface area contributed by atoms with Crippen molar-refractivity contribution in [3.05, 3.63) is 151 Å². The quantitative estimate of drug-likeness (QED) is 0.0487. The predicted molar refractivity (Wildman–Crippen MR) is 157 cm³/mol. The van der Waals surface area contributed by atoms with Crippen molar-refractivity contribution in [1.29, 1.82) is 5.26 Å². The van der Waals surface area contributed by atoms with Crippen molar-refractivity contribution in [3.63, 3.8) is 0 Å². The molecule has 0 spiro atoms. The molecule has 0 aliphatic rings. The number of nitro groups is 1. The number of hydrogen-bond donors (Lipinski definition) is 0. The average molecular weight is 628 g/mol. The number of nitrogens with zero attached hydrogens (tertiary/aromatic N) is 2. The summed E-state index contributed by atoms with van der Waals surface area (Å²) < 4.78 is 1.77. The third-order valence-electron chi connectivity index (χ3n) is 5.88. The molecule has 0 heterocycles. The van der Waals surface area contributed by atoms with Crippen LogP contribution in [-0.2, 0) is 0 Å². The smallest absolute Gasteiger partial charge is 0.269 e. The highest BCUT2D eigenvalue weighted by molar-refractivity contribution is 9.10. The van der Waals surface area contributed by atoms with Gasteiger partial charge in [-0.3, -0.25) is 14.9 Å². The van der Waals surface area contributed by atoms with Gasteiger partial charge in [0.2, 0.25) is 0 Å². The number of carbonyl (C=O) groups is 1. The highest BCUT2D eigenvalue weighted by Gasteiger charge is 2.16. The molecule has 0 saturated carbocycles. The lowest BCUT2D eigenvalue weighted by Crippen LogP contribution is -2.01. The number of hydrogen-bond acceptors (Lipinski definition) is 4. The first-order chi connectivity index (χ1) is 18.4. The van der Waals surface area contributed by atoms with E-state index < -0.39 is 4.92 Å². The Morgan fingerprint density at radius 1 is 0.763 bits per heavy atom. The molecule has 0 N–H and O–H groups in total. The van der Waals surface area contributed by atoms with Crippen molar-refractivity contribution >= 4 is 60.0 Å². The van der Waals surface area contributed by atoms with Gasteiger partial charge in [0.15, 0.2) is 5.78 Å². The van der Waals surface area contributed by atoms with Crippen LogP contribution in [0.3, 0.4) is 0 Å². The molecule has 0 aliphatic heterocycles. The molecule has 0 aliphatic carbocycles. The molecule has 5 nitrogen and oxygen atoms in total. The summed E-state index contributed by atoms with van der Waals surface area (Å²) in [6, 6.07) is 32.5. The van der Waals surface area contributed by atoms with Gasteiger partial charge in [0.1, 0.15) is 6.07 Å².